The van der Waals surface area contributed by atoms with E-state index in [1.807, 2.05) is 25.1 Å². The molecule has 0 spiro atoms. The summed E-state index contributed by atoms with van der Waals surface area (Å²) in [4.78, 5) is 12.2. The summed E-state index contributed by atoms with van der Waals surface area (Å²) in [5, 5.41) is 0.603. The highest BCUT2D eigenvalue weighted by Gasteiger charge is 2.13. The van der Waals surface area contributed by atoms with Crippen LogP contribution in [0.1, 0.15) is 15.9 Å². The summed E-state index contributed by atoms with van der Waals surface area (Å²) in [7, 11) is 0. The number of aryl methyl sites for hydroxylation is 1. The van der Waals surface area contributed by atoms with Crippen LogP contribution in [-0.4, -0.2) is 9.79 Å². The minimum Gasteiger partial charge on any atom is -0.289 e. The lowest BCUT2D eigenvalue weighted by atomic mass is 9.99. The molecule has 0 aliphatic carbocycles. The van der Waals surface area contributed by atoms with Crippen molar-refractivity contribution in [2.24, 2.45) is 0 Å². The molecule has 0 amide bonds. The number of carbonyl (C=O) groups is 1. The van der Waals surface area contributed by atoms with Crippen LogP contribution in [0, 0.1) is 6.92 Å². The van der Waals surface area contributed by atoms with Crippen LogP contribution in [0.5, 0.6) is 0 Å². The van der Waals surface area contributed by atoms with E-state index in [-0.39, 0.29) is 26.5 Å². The van der Waals surface area contributed by atoms with Crippen molar-refractivity contribution in [1.29, 1.82) is 0 Å². The minimum atomic E-state index is 0.0174. The second kappa shape index (κ2) is 5.06. The van der Waals surface area contributed by atoms with Gasteiger partial charge in [0.25, 0.3) is 0 Å². The van der Waals surface area contributed by atoms with Gasteiger partial charge in [0.05, 0.1) is 0 Å². The molecule has 1 heterocycles. The van der Waals surface area contributed by atoms with Crippen LogP contribution in [0.2, 0.25) is 5.02 Å². The third kappa shape index (κ3) is 2.50. The van der Waals surface area contributed by atoms with E-state index in [0.717, 1.165) is 11.1 Å². The minimum absolute atomic E-state index is 0.0174. The number of hydrogen-bond acceptors (Lipinski definition) is 1. The SMILES string of the molecule is Cc1ccc(Cl)cc1C(=O)C1=CC=IC=C1. The maximum absolute atomic E-state index is 12.2. The molecule has 0 N–H and O–H groups in total. The third-order valence-corrected chi connectivity index (χ3v) is 4.12. The summed E-state index contributed by atoms with van der Waals surface area (Å²) in [6, 6.07) is 5.41. The molecule has 2 rings (SSSR count). The van der Waals surface area contributed by atoms with Gasteiger partial charge in [-0.3, -0.25) is 4.79 Å². The Labute approximate surface area is 110 Å². The van der Waals surface area contributed by atoms with Gasteiger partial charge in [0, 0.05) is 16.2 Å². The Balaban J connectivity index is 2.41. The lowest BCUT2D eigenvalue weighted by Gasteiger charge is -2.06. The fraction of sp³-hybridized carbons (Fsp3) is 0.0769. The Morgan fingerprint density at radius 1 is 1.38 bits per heavy atom. The molecule has 1 aromatic rings. The molecule has 0 atom stereocenters. The van der Waals surface area contributed by atoms with E-state index in [2.05, 4.69) is 8.09 Å². The predicted molar refractivity (Wildman–Crippen MR) is 77.8 cm³/mol. The molecule has 82 valence electrons. The fourth-order valence-electron chi connectivity index (χ4n) is 1.45. The highest BCUT2D eigenvalue weighted by molar-refractivity contribution is 14.2. The van der Waals surface area contributed by atoms with Crippen LogP contribution >= 0.6 is 32.3 Å². The first-order valence-electron chi connectivity index (χ1n) is 4.81. The average Bonchev–Trinajstić information content (AvgIpc) is 2.32. The third-order valence-electron chi connectivity index (χ3n) is 2.34. The van der Waals surface area contributed by atoms with Gasteiger partial charge >= 0.3 is 0 Å². The van der Waals surface area contributed by atoms with Gasteiger partial charge in [-0.25, -0.2) is 0 Å². The van der Waals surface area contributed by atoms with E-state index in [4.69, 9.17) is 11.6 Å². The number of ketones is 1. The molecular formula is C13H10ClIO. The monoisotopic (exact) mass is 344 g/mol. The van der Waals surface area contributed by atoms with Gasteiger partial charge in [-0.05, 0) is 44.9 Å². The van der Waals surface area contributed by atoms with Crippen LogP contribution in [-0.2, 0) is 0 Å². The molecule has 0 aromatic heterocycles. The summed E-state index contributed by atoms with van der Waals surface area (Å²) in [6.45, 7) is 1.92. The summed E-state index contributed by atoms with van der Waals surface area (Å²) in [6.07, 6.45) is 3.83. The molecule has 1 aromatic carbocycles. The van der Waals surface area contributed by atoms with Gasteiger partial charge < -0.3 is 0 Å². The Bertz CT molecular complexity index is 527. The molecule has 0 radical (unpaired) electrons. The van der Waals surface area contributed by atoms with Crippen LogP contribution in [0.15, 0.2) is 40.0 Å². The van der Waals surface area contributed by atoms with Crippen LogP contribution in [0.3, 0.4) is 0 Å². The highest BCUT2D eigenvalue weighted by Crippen LogP contribution is 2.21. The van der Waals surface area contributed by atoms with E-state index in [1.54, 1.807) is 12.1 Å². The lowest BCUT2D eigenvalue weighted by molar-refractivity contribution is 0.103. The standard InChI is InChI=1S/C13H10ClIO/c1-9-2-3-11(14)8-12(9)13(16)10-4-6-15-7-5-10/h2-8H,1H3. The van der Waals surface area contributed by atoms with Crippen LogP contribution in [0.4, 0.5) is 0 Å². The lowest BCUT2D eigenvalue weighted by Crippen LogP contribution is -2.04. The molecule has 0 bridgehead atoms. The number of carbonyl (C=O) groups excluding carboxylic acids is 1. The van der Waals surface area contributed by atoms with E-state index in [1.165, 1.54) is 0 Å². The normalized spacial score (nSPS) is 14.2. The zero-order chi connectivity index (χ0) is 11.5. The molecular weight excluding hydrogens is 334 g/mol. The van der Waals surface area contributed by atoms with Gasteiger partial charge in [-0.1, -0.05) is 38.4 Å². The molecule has 1 aliphatic heterocycles. The number of allylic oxidation sites excluding steroid dienone is 3. The molecule has 1 nitrogen and oxygen atoms in total. The van der Waals surface area contributed by atoms with Crippen molar-refractivity contribution in [3.63, 3.8) is 0 Å². The fourth-order valence-corrected chi connectivity index (χ4v) is 3.05. The van der Waals surface area contributed by atoms with E-state index in [0.29, 0.717) is 10.6 Å². The molecule has 16 heavy (non-hydrogen) atoms. The first-order chi connectivity index (χ1) is 7.68. The smallest absolute Gasteiger partial charge is 0.193 e. The van der Waals surface area contributed by atoms with Crippen molar-refractivity contribution in [2.45, 2.75) is 6.92 Å². The Kier molecular flexibility index (Phi) is 3.71. The highest BCUT2D eigenvalue weighted by atomic mass is 127. The van der Waals surface area contributed by atoms with Crippen LogP contribution in [0.25, 0.3) is 0 Å². The van der Waals surface area contributed by atoms with E-state index >= 15 is 0 Å². The predicted octanol–water partition coefficient (Wildman–Crippen LogP) is 4.06. The van der Waals surface area contributed by atoms with Crippen molar-refractivity contribution in [1.82, 2.24) is 0 Å². The van der Waals surface area contributed by atoms with Gasteiger partial charge in [0.15, 0.2) is 5.78 Å². The van der Waals surface area contributed by atoms with Crippen molar-refractivity contribution in [3.05, 3.63) is 56.2 Å². The van der Waals surface area contributed by atoms with Crippen LogP contribution < -0.4 is 0 Å². The van der Waals surface area contributed by atoms with E-state index < -0.39 is 0 Å². The Morgan fingerprint density at radius 3 is 2.88 bits per heavy atom. The van der Waals surface area contributed by atoms with Gasteiger partial charge in [0.2, 0.25) is 0 Å². The van der Waals surface area contributed by atoms with Gasteiger partial charge in [-0.15, -0.1) is 0 Å². The first-order valence-corrected chi connectivity index (χ1v) is 7.68. The summed E-state index contributed by atoms with van der Waals surface area (Å²) >= 11 is 5.93. The quantitative estimate of drug-likeness (QED) is 0.584. The first kappa shape index (κ1) is 11.7. The summed E-state index contributed by atoms with van der Waals surface area (Å²) in [5.74, 6) is 0.0520. The van der Waals surface area contributed by atoms with Crippen molar-refractivity contribution < 1.29 is 4.79 Å². The molecule has 1 aliphatic rings. The summed E-state index contributed by atoms with van der Waals surface area (Å²) in [5.41, 5.74) is 2.40. The number of rotatable bonds is 2. The Hall–Kier alpha value is -0.740. The topological polar surface area (TPSA) is 17.1 Å². The second-order valence-corrected chi connectivity index (χ2v) is 6.05. The largest absolute Gasteiger partial charge is 0.289 e. The van der Waals surface area contributed by atoms with Crippen molar-refractivity contribution in [3.8, 4) is 0 Å². The van der Waals surface area contributed by atoms with E-state index in [9.17, 15) is 4.79 Å². The number of hydrogen-bond donors (Lipinski definition) is 0. The van der Waals surface area contributed by atoms with Crippen molar-refractivity contribution in [2.75, 3.05) is 0 Å². The number of Topliss-reactive ketones (excluding diaryl/α,β-unsaturated/α-hetero) is 1. The average molecular weight is 345 g/mol. The maximum atomic E-state index is 12.2. The van der Waals surface area contributed by atoms with Gasteiger partial charge in [0.1, 0.15) is 0 Å². The van der Waals surface area contributed by atoms with Crippen molar-refractivity contribution >= 4 is 42.1 Å². The number of halogens is 2. The zero-order valence-corrected chi connectivity index (χ0v) is 11.6. The zero-order valence-electron chi connectivity index (χ0n) is 8.71. The second-order valence-electron chi connectivity index (χ2n) is 3.46. The Morgan fingerprint density at radius 2 is 2.19 bits per heavy atom. The molecule has 0 saturated carbocycles. The molecule has 3 heteroatoms. The molecule has 0 saturated heterocycles. The summed E-state index contributed by atoms with van der Waals surface area (Å²) < 4.78 is 4.18. The maximum Gasteiger partial charge on any atom is 0.193 e. The van der Waals surface area contributed by atoms with Gasteiger partial charge in [-0.2, -0.15) is 0 Å². The molecule has 0 fully saturated rings. The molecule has 0 unspecified atom stereocenters. The number of benzene rings is 1.